The minimum absolute atomic E-state index is 0.171. The standard InChI is InChI=1S/C21H18O16S/c22-7-4-10-12(11(5-7)37-38(31,32)33)13(25)18(17(34-10)6-1-2-8(23)9(24)3-6)35-21-16(28)14(26)15(27)19(36-21)20(29)30/h1-5,14-16,19,21-24,26-28H,(H,29,30)(H,31,32,33)/t14-,15-,16+,19-,21?/m0/s1. The van der Waals surface area contributed by atoms with Gasteiger partial charge in [0.25, 0.3) is 0 Å². The summed E-state index contributed by atoms with van der Waals surface area (Å²) in [5.74, 6) is -6.14. The zero-order valence-corrected chi connectivity index (χ0v) is 19.3. The fourth-order valence-electron chi connectivity index (χ4n) is 3.66. The van der Waals surface area contributed by atoms with E-state index in [1.54, 1.807) is 0 Å². The van der Waals surface area contributed by atoms with E-state index in [0.29, 0.717) is 6.07 Å². The number of hydrogen-bond donors (Lipinski definition) is 8. The average Bonchev–Trinajstić information content (AvgIpc) is 2.80. The van der Waals surface area contributed by atoms with Gasteiger partial charge in [-0.25, -0.2) is 4.79 Å². The number of rotatable bonds is 6. The van der Waals surface area contributed by atoms with Crippen molar-refractivity contribution in [3.05, 3.63) is 40.6 Å². The molecule has 0 radical (unpaired) electrons. The number of aliphatic carboxylic acids is 1. The molecule has 1 saturated heterocycles. The van der Waals surface area contributed by atoms with Gasteiger partial charge in [0.1, 0.15) is 35.0 Å². The summed E-state index contributed by atoms with van der Waals surface area (Å²) in [5.41, 5.74) is -1.99. The highest BCUT2D eigenvalue weighted by Gasteiger charge is 2.48. The van der Waals surface area contributed by atoms with Gasteiger partial charge in [-0.15, -0.1) is 0 Å². The number of carboxylic acid groups (broad SMARTS) is 1. The van der Waals surface area contributed by atoms with Crippen LogP contribution in [0.1, 0.15) is 0 Å². The van der Waals surface area contributed by atoms with Gasteiger partial charge in [-0.05, 0) is 18.2 Å². The van der Waals surface area contributed by atoms with E-state index in [-0.39, 0.29) is 5.56 Å². The molecule has 1 aliphatic rings. The molecule has 0 bridgehead atoms. The highest BCUT2D eigenvalue weighted by Crippen LogP contribution is 2.40. The Bertz CT molecular complexity index is 1580. The summed E-state index contributed by atoms with van der Waals surface area (Å²) in [6.07, 6.45) is -10.6. The van der Waals surface area contributed by atoms with Crippen molar-refractivity contribution < 1.29 is 71.6 Å². The van der Waals surface area contributed by atoms with Gasteiger partial charge in [-0.3, -0.25) is 9.35 Å². The number of ether oxygens (including phenoxy) is 2. The number of aliphatic hydroxyl groups excluding tert-OH is 3. The SMILES string of the molecule is O=C(O)[C@H]1OC(Oc2c(-c3ccc(O)c(O)c3)oc3cc(O)cc(OS(=O)(=O)O)c3c2=O)[C@H](O)[C@@H](O)[C@@H]1O. The van der Waals surface area contributed by atoms with Crippen molar-refractivity contribution in [1.82, 2.24) is 0 Å². The van der Waals surface area contributed by atoms with Crippen LogP contribution >= 0.6 is 0 Å². The van der Waals surface area contributed by atoms with Crippen molar-refractivity contribution in [2.75, 3.05) is 0 Å². The number of phenolic OH excluding ortho intramolecular Hbond substituents is 3. The lowest BCUT2D eigenvalue weighted by Gasteiger charge is -2.38. The van der Waals surface area contributed by atoms with Crippen LogP contribution in [0.2, 0.25) is 0 Å². The van der Waals surface area contributed by atoms with Crippen LogP contribution in [0, 0.1) is 0 Å². The molecule has 1 aliphatic heterocycles. The van der Waals surface area contributed by atoms with Gasteiger partial charge in [0, 0.05) is 17.7 Å². The van der Waals surface area contributed by atoms with Crippen LogP contribution in [-0.2, 0) is 19.9 Å². The lowest BCUT2D eigenvalue weighted by atomic mass is 9.99. The van der Waals surface area contributed by atoms with E-state index in [1.807, 2.05) is 0 Å². The van der Waals surface area contributed by atoms with E-state index in [4.69, 9.17) is 18.4 Å². The smallest absolute Gasteiger partial charge is 0.446 e. The van der Waals surface area contributed by atoms with Crippen LogP contribution in [0.15, 0.2) is 39.5 Å². The lowest BCUT2D eigenvalue weighted by Crippen LogP contribution is -2.61. The second-order valence-corrected chi connectivity index (χ2v) is 9.00. The van der Waals surface area contributed by atoms with Crippen LogP contribution in [0.5, 0.6) is 28.7 Å². The van der Waals surface area contributed by atoms with Crippen molar-refractivity contribution in [2.45, 2.75) is 30.7 Å². The Morgan fingerprint density at radius 2 is 1.63 bits per heavy atom. The summed E-state index contributed by atoms with van der Waals surface area (Å²) in [7, 11) is -5.24. The van der Waals surface area contributed by atoms with Crippen molar-refractivity contribution in [1.29, 1.82) is 0 Å². The molecule has 4 rings (SSSR count). The summed E-state index contributed by atoms with van der Waals surface area (Å²) in [4.78, 5) is 25.0. The molecule has 0 amide bonds. The number of phenols is 3. The second-order valence-electron chi connectivity index (χ2n) is 7.97. The quantitative estimate of drug-likeness (QED) is 0.133. The monoisotopic (exact) mass is 558 g/mol. The molecule has 2 heterocycles. The van der Waals surface area contributed by atoms with E-state index < -0.39 is 98.0 Å². The maximum atomic E-state index is 13.5. The Labute approximate surface area is 210 Å². The lowest BCUT2D eigenvalue weighted by molar-refractivity contribution is -0.271. The van der Waals surface area contributed by atoms with Crippen molar-refractivity contribution in [2.24, 2.45) is 0 Å². The number of benzene rings is 2. The largest absolute Gasteiger partial charge is 0.508 e. The van der Waals surface area contributed by atoms with Crippen LogP contribution < -0.4 is 14.3 Å². The number of aromatic hydroxyl groups is 3. The first kappa shape index (κ1) is 26.9. The Morgan fingerprint density at radius 3 is 2.24 bits per heavy atom. The zero-order valence-electron chi connectivity index (χ0n) is 18.5. The summed E-state index contributed by atoms with van der Waals surface area (Å²) >= 11 is 0. The second kappa shape index (κ2) is 9.63. The minimum atomic E-state index is -5.24. The third-order valence-corrected chi connectivity index (χ3v) is 5.77. The van der Waals surface area contributed by atoms with Crippen LogP contribution in [0.25, 0.3) is 22.3 Å². The Hall–Kier alpha value is -4.13. The van der Waals surface area contributed by atoms with E-state index >= 15 is 0 Å². The van der Waals surface area contributed by atoms with Gasteiger partial charge >= 0.3 is 16.4 Å². The van der Waals surface area contributed by atoms with Gasteiger partial charge in [-0.1, -0.05) is 0 Å². The maximum Gasteiger partial charge on any atom is 0.446 e. The molecule has 16 nitrogen and oxygen atoms in total. The maximum absolute atomic E-state index is 13.5. The number of fused-ring (bicyclic) bond motifs is 1. The molecule has 8 N–H and O–H groups in total. The van der Waals surface area contributed by atoms with E-state index in [9.17, 15) is 53.8 Å². The molecule has 0 aliphatic carbocycles. The highest BCUT2D eigenvalue weighted by atomic mass is 32.3. The molecular weight excluding hydrogens is 540 g/mol. The molecule has 0 spiro atoms. The molecule has 204 valence electrons. The number of hydrogen-bond acceptors (Lipinski definition) is 14. The van der Waals surface area contributed by atoms with Crippen LogP contribution in [0.4, 0.5) is 0 Å². The highest BCUT2D eigenvalue weighted by molar-refractivity contribution is 7.81. The molecule has 1 aromatic heterocycles. The topological polar surface area (TPSA) is 271 Å². The fraction of sp³-hybridized carbons (Fsp3) is 0.238. The molecule has 0 saturated carbocycles. The molecule has 17 heteroatoms. The Balaban J connectivity index is 1.97. The van der Waals surface area contributed by atoms with Crippen LogP contribution in [0.3, 0.4) is 0 Å². The van der Waals surface area contributed by atoms with Gasteiger partial charge in [-0.2, -0.15) is 8.42 Å². The predicted molar refractivity (Wildman–Crippen MR) is 120 cm³/mol. The fourth-order valence-corrected chi connectivity index (χ4v) is 4.02. The third-order valence-electron chi connectivity index (χ3n) is 5.38. The summed E-state index contributed by atoms with van der Waals surface area (Å²) in [5, 5.41) is 68.3. The first-order valence-electron chi connectivity index (χ1n) is 10.3. The number of aliphatic hydroxyl groups is 3. The first-order valence-corrected chi connectivity index (χ1v) is 11.7. The number of carboxylic acids is 1. The van der Waals surface area contributed by atoms with Gasteiger partial charge in [0.15, 0.2) is 29.1 Å². The van der Waals surface area contributed by atoms with E-state index in [2.05, 4.69) is 4.18 Å². The first-order chi connectivity index (χ1) is 17.7. The molecule has 5 atom stereocenters. The molecule has 1 fully saturated rings. The van der Waals surface area contributed by atoms with E-state index in [0.717, 1.165) is 24.3 Å². The summed E-state index contributed by atoms with van der Waals surface area (Å²) in [6, 6.07) is 4.51. The zero-order chi connectivity index (χ0) is 28.1. The van der Waals surface area contributed by atoms with Gasteiger partial charge in [0.2, 0.25) is 17.5 Å². The van der Waals surface area contributed by atoms with Crippen molar-refractivity contribution in [3.8, 4) is 40.1 Å². The molecule has 3 aromatic rings. The molecule has 38 heavy (non-hydrogen) atoms. The van der Waals surface area contributed by atoms with Gasteiger partial charge < -0.3 is 53.8 Å². The van der Waals surface area contributed by atoms with E-state index in [1.165, 1.54) is 0 Å². The molecule has 1 unspecified atom stereocenters. The van der Waals surface area contributed by atoms with Gasteiger partial charge in [0.05, 0.1) is 0 Å². The van der Waals surface area contributed by atoms with Crippen LogP contribution in [-0.4, -0.2) is 85.4 Å². The van der Waals surface area contributed by atoms with Crippen molar-refractivity contribution in [3.63, 3.8) is 0 Å². The molecule has 2 aromatic carbocycles. The summed E-state index contributed by atoms with van der Waals surface area (Å²) < 4.78 is 52.1. The normalized spacial score (nSPS) is 23.7. The number of carbonyl (C=O) groups is 1. The minimum Gasteiger partial charge on any atom is -0.508 e. The average molecular weight is 558 g/mol. The Morgan fingerprint density at radius 1 is 0.947 bits per heavy atom. The third kappa shape index (κ3) is 5.01. The van der Waals surface area contributed by atoms with Crippen molar-refractivity contribution >= 4 is 27.3 Å². The predicted octanol–water partition coefficient (Wildman–Crippen LogP) is -0.971. The summed E-state index contributed by atoms with van der Waals surface area (Å²) in [6.45, 7) is 0. The molecular formula is C21H18O16S. The Kier molecular flexibility index (Phi) is 6.82.